The van der Waals surface area contributed by atoms with Gasteiger partial charge in [-0.25, -0.2) is 0 Å². The number of aliphatic imine (C=N–C) groups is 1. The number of ether oxygens (including phenoxy) is 3. The van der Waals surface area contributed by atoms with Crippen molar-refractivity contribution in [2.24, 2.45) is 10.9 Å². The van der Waals surface area contributed by atoms with Crippen molar-refractivity contribution in [3.63, 3.8) is 0 Å². The van der Waals surface area contributed by atoms with E-state index >= 15 is 0 Å². The topological polar surface area (TPSA) is 81.2 Å². The minimum absolute atomic E-state index is 0. The first kappa shape index (κ1) is 22.3. The summed E-state index contributed by atoms with van der Waals surface area (Å²) in [5.41, 5.74) is 0.970. The van der Waals surface area contributed by atoms with E-state index < -0.39 is 0 Å². The van der Waals surface area contributed by atoms with Crippen molar-refractivity contribution in [1.29, 1.82) is 0 Å². The van der Waals surface area contributed by atoms with Crippen LogP contribution >= 0.6 is 24.0 Å². The largest absolute Gasteiger partial charge is 0.497 e. The van der Waals surface area contributed by atoms with Crippen LogP contribution < -0.4 is 20.1 Å². The Bertz CT molecular complexity index is 552. The van der Waals surface area contributed by atoms with Gasteiger partial charge in [-0.3, -0.25) is 9.79 Å². The summed E-state index contributed by atoms with van der Waals surface area (Å²) < 4.78 is 15.2. The molecular weight excluding hydrogens is 425 g/mol. The third kappa shape index (κ3) is 6.81. The molecule has 2 N–H and O–H groups in total. The lowest BCUT2D eigenvalue weighted by molar-refractivity contribution is -0.144. The zero-order valence-electron chi connectivity index (χ0n) is 14.7. The molecule has 0 aliphatic carbocycles. The van der Waals surface area contributed by atoms with Gasteiger partial charge in [-0.1, -0.05) is 6.92 Å². The Balaban J connectivity index is 0.00000529. The molecule has 0 spiro atoms. The third-order valence-corrected chi connectivity index (χ3v) is 3.34. The van der Waals surface area contributed by atoms with Crippen LogP contribution in [0.2, 0.25) is 0 Å². The second-order valence-electron chi connectivity index (χ2n) is 4.91. The minimum atomic E-state index is -0.259. The molecular formula is C16H26IN3O4. The van der Waals surface area contributed by atoms with Crippen LogP contribution in [0.4, 0.5) is 0 Å². The van der Waals surface area contributed by atoms with Crippen molar-refractivity contribution in [3.8, 4) is 11.5 Å². The first-order chi connectivity index (χ1) is 11.0. The van der Waals surface area contributed by atoms with Crippen LogP contribution in [0, 0.1) is 5.92 Å². The van der Waals surface area contributed by atoms with Crippen molar-refractivity contribution < 1.29 is 19.0 Å². The second kappa shape index (κ2) is 11.8. The monoisotopic (exact) mass is 451 g/mol. The summed E-state index contributed by atoms with van der Waals surface area (Å²) in [6.45, 7) is 2.75. The van der Waals surface area contributed by atoms with Gasteiger partial charge in [0.1, 0.15) is 11.5 Å². The molecule has 1 unspecified atom stereocenters. The number of hydrogen-bond donors (Lipinski definition) is 2. The highest BCUT2D eigenvalue weighted by Gasteiger charge is 2.13. The number of halogens is 1. The van der Waals surface area contributed by atoms with Crippen LogP contribution in [0.5, 0.6) is 11.5 Å². The molecule has 0 saturated carbocycles. The smallest absolute Gasteiger partial charge is 0.310 e. The minimum Gasteiger partial charge on any atom is -0.497 e. The maximum atomic E-state index is 11.4. The van der Waals surface area contributed by atoms with Gasteiger partial charge >= 0.3 is 5.97 Å². The summed E-state index contributed by atoms with van der Waals surface area (Å²) in [6, 6.07) is 5.62. The van der Waals surface area contributed by atoms with E-state index in [-0.39, 0.29) is 35.9 Å². The van der Waals surface area contributed by atoms with Crippen LogP contribution in [-0.2, 0) is 16.1 Å². The Labute approximate surface area is 160 Å². The molecule has 1 aromatic carbocycles. The van der Waals surface area contributed by atoms with Crippen LogP contribution in [0.15, 0.2) is 23.2 Å². The molecule has 0 bridgehead atoms. The Kier molecular flexibility index (Phi) is 10.9. The maximum Gasteiger partial charge on any atom is 0.310 e. The molecule has 0 amide bonds. The molecule has 0 aliphatic heterocycles. The van der Waals surface area contributed by atoms with Crippen LogP contribution in [-0.4, -0.2) is 46.9 Å². The Morgan fingerprint density at radius 3 is 2.46 bits per heavy atom. The highest BCUT2D eigenvalue weighted by molar-refractivity contribution is 14.0. The van der Waals surface area contributed by atoms with Gasteiger partial charge in [-0.15, -0.1) is 24.0 Å². The zero-order valence-corrected chi connectivity index (χ0v) is 17.0. The average molecular weight is 451 g/mol. The number of hydrogen-bond acceptors (Lipinski definition) is 5. The summed E-state index contributed by atoms with van der Waals surface area (Å²) in [4.78, 5) is 15.5. The zero-order chi connectivity index (χ0) is 17.2. The predicted molar refractivity (Wildman–Crippen MR) is 104 cm³/mol. The molecule has 24 heavy (non-hydrogen) atoms. The highest BCUT2D eigenvalue weighted by Crippen LogP contribution is 2.24. The van der Waals surface area contributed by atoms with E-state index in [1.807, 2.05) is 18.2 Å². The number of nitrogens with zero attached hydrogens (tertiary/aromatic N) is 1. The number of methoxy groups -OCH3 is 3. The number of carbonyl (C=O) groups is 1. The van der Waals surface area contributed by atoms with Gasteiger partial charge in [0.15, 0.2) is 5.96 Å². The number of guanidine groups is 1. The van der Waals surface area contributed by atoms with Crippen molar-refractivity contribution in [2.75, 3.05) is 34.9 Å². The average Bonchev–Trinajstić information content (AvgIpc) is 2.60. The van der Waals surface area contributed by atoms with E-state index in [1.54, 1.807) is 28.2 Å². The van der Waals surface area contributed by atoms with Crippen molar-refractivity contribution in [3.05, 3.63) is 23.8 Å². The summed E-state index contributed by atoms with van der Waals surface area (Å²) in [7, 11) is 6.27. The molecule has 0 heterocycles. The fourth-order valence-corrected chi connectivity index (χ4v) is 1.93. The first-order valence-corrected chi connectivity index (χ1v) is 7.29. The maximum absolute atomic E-state index is 11.4. The lowest BCUT2D eigenvalue weighted by Gasteiger charge is -2.16. The van der Waals surface area contributed by atoms with Crippen molar-refractivity contribution >= 4 is 35.9 Å². The standard InChI is InChI=1S/C16H25N3O4.HI/c1-11(15(20)23-5)9-18-16(17-2)19-10-12-6-7-13(21-3)8-14(12)22-4;/h6-8,11H,9-10H2,1-5H3,(H2,17,18,19);1H. The predicted octanol–water partition coefficient (Wildman–Crippen LogP) is 1.80. The fourth-order valence-electron chi connectivity index (χ4n) is 1.93. The van der Waals surface area contributed by atoms with Crippen LogP contribution in [0.3, 0.4) is 0 Å². The Morgan fingerprint density at radius 1 is 1.21 bits per heavy atom. The van der Waals surface area contributed by atoms with Gasteiger partial charge in [0.05, 0.1) is 27.2 Å². The third-order valence-electron chi connectivity index (χ3n) is 3.34. The Morgan fingerprint density at radius 2 is 1.92 bits per heavy atom. The Hall–Kier alpha value is -1.71. The van der Waals surface area contributed by atoms with E-state index in [0.29, 0.717) is 19.0 Å². The van der Waals surface area contributed by atoms with Crippen LogP contribution in [0.25, 0.3) is 0 Å². The van der Waals surface area contributed by atoms with Gasteiger partial charge in [0.2, 0.25) is 0 Å². The number of esters is 1. The van der Waals surface area contributed by atoms with E-state index in [0.717, 1.165) is 17.1 Å². The van der Waals surface area contributed by atoms with Gasteiger partial charge in [0, 0.05) is 31.8 Å². The number of carbonyl (C=O) groups excluding carboxylic acids is 1. The SMILES string of the molecule is CN=C(NCc1ccc(OC)cc1OC)NCC(C)C(=O)OC.I. The van der Waals surface area contributed by atoms with Gasteiger partial charge < -0.3 is 24.8 Å². The summed E-state index contributed by atoms with van der Waals surface area (Å²) in [6.07, 6.45) is 0. The highest BCUT2D eigenvalue weighted by atomic mass is 127. The normalized spacial score (nSPS) is 11.8. The molecule has 0 radical (unpaired) electrons. The molecule has 1 aromatic rings. The second-order valence-corrected chi connectivity index (χ2v) is 4.91. The molecule has 1 rings (SSSR count). The lowest BCUT2D eigenvalue weighted by atomic mass is 10.2. The fraction of sp³-hybridized carbons (Fsp3) is 0.500. The molecule has 0 fully saturated rings. The lowest BCUT2D eigenvalue weighted by Crippen LogP contribution is -2.40. The first-order valence-electron chi connectivity index (χ1n) is 7.29. The van der Waals surface area contributed by atoms with E-state index in [1.165, 1.54) is 7.11 Å². The van der Waals surface area contributed by atoms with Gasteiger partial charge in [-0.2, -0.15) is 0 Å². The van der Waals surface area contributed by atoms with Crippen molar-refractivity contribution in [1.82, 2.24) is 10.6 Å². The van der Waals surface area contributed by atoms with Gasteiger partial charge in [-0.05, 0) is 12.1 Å². The molecule has 0 aromatic heterocycles. The summed E-state index contributed by atoms with van der Waals surface area (Å²) in [5, 5.41) is 6.26. The summed E-state index contributed by atoms with van der Waals surface area (Å²) in [5.74, 6) is 1.55. The van der Waals surface area contributed by atoms with E-state index in [4.69, 9.17) is 14.2 Å². The van der Waals surface area contributed by atoms with E-state index in [2.05, 4.69) is 15.6 Å². The van der Waals surface area contributed by atoms with E-state index in [9.17, 15) is 4.79 Å². The molecule has 0 saturated heterocycles. The number of rotatable bonds is 7. The number of benzene rings is 1. The summed E-state index contributed by atoms with van der Waals surface area (Å²) >= 11 is 0. The number of nitrogens with one attached hydrogen (secondary N) is 2. The van der Waals surface area contributed by atoms with Crippen LogP contribution in [0.1, 0.15) is 12.5 Å². The molecule has 7 nitrogen and oxygen atoms in total. The quantitative estimate of drug-likeness (QED) is 0.285. The van der Waals surface area contributed by atoms with Crippen molar-refractivity contribution in [2.45, 2.75) is 13.5 Å². The molecule has 136 valence electrons. The molecule has 0 aliphatic rings. The van der Waals surface area contributed by atoms with Gasteiger partial charge in [0.25, 0.3) is 0 Å². The molecule has 8 heteroatoms. The molecule has 1 atom stereocenters.